The Morgan fingerprint density at radius 3 is 2.88 bits per heavy atom. The molecule has 0 radical (unpaired) electrons. The van der Waals surface area contributed by atoms with Crippen LogP contribution in [0.5, 0.6) is 0 Å². The molecule has 0 bridgehead atoms. The number of ether oxygens (including phenoxy) is 1. The molecule has 2 heterocycles. The second-order valence-electron chi connectivity index (χ2n) is 6.82. The molecule has 0 unspecified atom stereocenters. The number of aryl methyl sites for hydroxylation is 1. The standard InChI is InChI=1S/C17H26N4O3/c1-21-14(9-10-18-21)16-13(7-8-15(22)20-16)19-17(23)24-11-12-5-3-2-4-6-12/h9-10,12-13,16H,2-8,11H2,1H3,(H,19,23)(H,20,22)/t13-,16-/m1/s1. The number of hydrogen-bond acceptors (Lipinski definition) is 4. The lowest BCUT2D eigenvalue weighted by Gasteiger charge is -2.32. The van der Waals surface area contributed by atoms with E-state index in [1.165, 1.54) is 19.3 Å². The Morgan fingerprint density at radius 1 is 1.38 bits per heavy atom. The average molecular weight is 334 g/mol. The van der Waals surface area contributed by atoms with Crippen LogP contribution >= 0.6 is 0 Å². The van der Waals surface area contributed by atoms with Crippen LogP contribution in [-0.4, -0.2) is 34.4 Å². The fourth-order valence-electron chi connectivity index (χ4n) is 3.66. The molecule has 1 saturated heterocycles. The van der Waals surface area contributed by atoms with Gasteiger partial charge in [0.1, 0.15) is 0 Å². The van der Waals surface area contributed by atoms with Crippen molar-refractivity contribution in [3.63, 3.8) is 0 Å². The lowest BCUT2D eigenvalue weighted by atomic mass is 9.90. The maximum absolute atomic E-state index is 12.2. The molecule has 1 aromatic rings. The van der Waals surface area contributed by atoms with Gasteiger partial charge in [-0.3, -0.25) is 9.48 Å². The number of rotatable bonds is 4. The summed E-state index contributed by atoms with van der Waals surface area (Å²) >= 11 is 0. The number of aromatic nitrogens is 2. The number of piperidine rings is 1. The van der Waals surface area contributed by atoms with Crippen LogP contribution in [0.2, 0.25) is 0 Å². The molecule has 2 atom stereocenters. The van der Waals surface area contributed by atoms with Gasteiger partial charge in [-0.15, -0.1) is 0 Å². The zero-order valence-electron chi connectivity index (χ0n) is 14.2. The van der Waals surface area contributed by atoms with Crippen LogP contribution in [0.25, 0.3) is 0 Å². The summed E-state index contributed by atoms with van der Waals surface area (Å²) in [5.41, 5.74) is 0.876. The summed E-state index contributed by atoms with van der Waals surface area (Å²) < 4.78 is 7.14. The van der Waals surface area contributed by atoms with Crippen LogP contribution in [0, 0.1) is 5.92 Å². The number of nitrogens with zero attached hydrogens (tertiary/aromatic N) is 2. The van der Waals surface area contributed by atoms with Crippen molar-refractivity contribution in [1.29, 1.82) is 0 Å². The van der Waals surface area contributed by atoms with E-state index in [1.807, 2.05) is 13.1 Å². The molecule has 1 aliphatic heterocycles. The summed E-state index contributed by atoms with van der Waals surface area (Å²) in [6.07, 6.45) is 8.33. The van der Waals surface area contributed by atoms with Crippen molar-refractivity contribution in [2.75, 3.05) is 6.61 Å². The van der Waals surface area contributed by atoms with Gasteiger partial charge in [-0.1, -0.05) is 19.3 Å². The fourth-order valence-corrected chi connectivity index (χ4v) is 3.66. The Hall–Kier alpha value is -2.05. The van der Waals surface area contributed by atoms with E-state index in [4.69, 9.17) is 4.74 Å². The van der Waals surface area contributed by atoms with Crippen LogP contribution in [0.1, 0.15) is 56.7 Å². The number of amides is 2. The minimum atomic E-state index is -0.395. The highest BCUT2D eigenvalue weighted by Crippen LogP contribution is 2.25. The van der Waals surface area contributed by atoms with E-state index in [1.54, 1.807) is 10.9 Å². The van der Waals surface area contributed by atoms with Crippen LogP contribution in [0.15, 0.2) is 12.3 Å². The van der Waals surface area contributed by atoms with Crippen molar-refractivity contribution in [3.05, 3.63) is 18.0 Å². The highest BCUT2D eigenvalue weighted by molar-refractivity contribution is 5.78. The van der Waals surface area contributed by atoms with E-state index >= 15 is 0 Å². The molecule has 0 aromatic carbocycles. The molecule has 2 amide bonds. The first-order valence-corrected chi connectivity index (χ1v) is 8.84. The van der Waals surface area contributed by atoms with Crippen molar-refractivity contribution in [3.8, 4) is 0 Å². The number of carbonyl (C=O) groups excluding carboxylic acids is 2. The van der Waals surface area contributed by atoms with Crippen LogP contribution in [-0.2, 0) is 16.6 Å². The lowest BCUT2D eigenvalue weighted by Crippen LogP contribution is -2.50. The summed E-state index contributed by atoms with van der Waals surface area (Å²) in [6.45, 7) is 0.487. The third-order valence-electron chi connectivity index (χ3n) is 5.06. The Labute approximate surface area is 142 Å². The van der Waals surface area contributed by atoms with Crippen molar-refractivity contribution < 1.29 is 14.3 Å². The molecule has 3 rings (SSSR count). The molecule has 7 nitrogen and oxygen atoms in total. The molecule has 1 saturated carbocycles. The highest BCUT2D eigenvalue weighted by Gasteiger charge is 2.33. The minimum Gasteiger partial charge on any atom is -0.449 e. The van der Waals surface area contributed by atoms with E-state index in [2.05, 4.69) is 15.7 Å². The van der Waals surface area contributed by atoms with E-state index < -0.39 is 6.09 Å². The Morgan fingerprint density at radius 2 is 2.17 bits per heavy atom. The maximum atomic E-state index is 12.2. The zero-order chi connectivity index (χ0) is 16.9. The van der Waals surface area contributed by atoms with Gasteiger partial charge in [0.15, 0.2) is 0 Å². The highest BCUT2D eigenvalue weighted by atomic mass is 16.5. The van der Waals surface area contributed by atoms with Crippen LogP contribution in [0.4, 0.5) is 4.79 Å². The third-order valence-corrected chi connectivity index (χ3v) is 5.06. The van der Waals surface area contributed by atoms with Crippen LogP contribution < -0.4 is 10.6 Å². The molecule has 24 heavy (non-hydrogen) atoms. The second-order valence-corrected chi connectivity index (χ2v) is 6.82. The van der Waals surface area contributed by atoms with Gasteiger partial charge < -0.3 is 15.4 Å². The summed E-state index contributed by atoms with van der Waals surface area (Å²) in [7, 11) is 1.83. The van der Waals surface area contributed by atoms with E-state index in [9.17, 15) is 9.59 Å². The molecule has 2 fully saturated rings. The minimum absolute atomic E-state index is 0.00479. The molecular weight excluding hydrogens is 308 g/mol. The van der Waals surface area contributed by atoms with Gasteiger partial charge in [-0.05, 0) is 31.2 Å². The molecule has 2 aliphatic rings. The molecular formula is C17H26N4O3. The normalized spacial score (nSPS) is 25.1. The topological polar surface area (TPSA) is 85.3 Å². The molecule has 7 heteroatoms. The molecule has 132 valence electrons. The van der Waals surface area contributed by atoms with E-state index in [0.29, 0.717) is 25.4 Å². The van der Waals surface area contributed by atoms with Crippen molar-refractivity contribution in [2.45, 2.75) is 57.0 Å². The van der Waals surface area contributed by atoms with Crippen molar-refractivity contribution >= 4 is 12.0 Å². The first-order valence-electron chi connectivity index (χ1n) is 8.84. The van der Waals surface area contributed by atoms with Gasteiger partial charge in [0.2, 0.25) is 5.91 Å². The van der Waals surface area contributed by atoms with Gasteiger partial charge in [0, 0.05) is 19.7 Å². The first kappa shape index (κ1) is 16.8. The van der Waals surface area contributed by atoms with Gasteiger partial charge >= 0.3 is 6.09 Å². The molecule has 1 aliphatic carbocycles. The third kappa shape index (κ3) is 4.07. The van der Waals surface area contributed by atoms with Crippen molar-refractivity contribution in [2.24, 2.45) is 13.0 Å². The van der Waals surface area contributed by atoms with Gasteiger partial charge in [-0.25, -0.2) is 4.79 Å². The van der Waals surface area contributed by atoms with Gasteiger partial charge in [-0.2, -0.15) is 5.10 Å². The lowest BCUT2D eigenvalue weighted by molar-refractivity contribution is -0.124. The second kappa shape index (κ2) is 7.68. The van der Waals surface area contributed by atoms with E-state index in [0.717, 1.165) is 18.5 Å². The molecule has 2 N–H and O–H groups in total. The van der Waals surface area contributed by atoms with Crippen molar-refractivity contribution in [1.82, 2.24) is 20.4 Å². The van der Waals surface area contributed by atoms with Crippen LogP contribution in [0.3, 0.4) is 0 Å². The Bertz CT molecular complexity index is 580. The predicted octanol–water partition coefficient (Wildman–Crippen LogP) is 2.05. The maximum Gasteiger partial charge on any atom is 0.407 e. The average Bonchev–Trinajstić information content (AvgIpc) is 3.01. The monoisotopic (exact) mass is 334 g/mol. The summed E-state index contributed by atoms with van der Waals surface area (Å²) in [5, 5.41) is 10.0. The quantitative estimate of drug-likeness (QED) is 0.882. The zero-order valence-corrected chi connectivity index (χ0v) is 14.2. The number of carbonyl (C=O) groups is 2. The predicted molar refractivity (Wildman–Crippen MR) is 88.2 cm³/mol. The summed E-state index contributed by atoms with van der Waals surface area (Å²) in [4.78, 5) is 23.9. The summed E-state index contributed by atoms with van der Waals surface area (Å²) in [5.74, 6) is 0.484. The number of hydrogen-bond donors (Lipinski definition) is 2. The Balaban J connectivity index is 1.56. The fraction of sp³-hybridized carbons (Fsp3) is 0.706. The smallest absolute Gasteiger partial charge is 0.407 e. The number of nitrogens with one attached hydrogen (secondary N) is 2. The molecule has 1 aromatic heterocycles. The summed E-state index contributed by atoms with van der Waals surface area (Å²) in [6, 6.07) is 1.40. The number of alkyl carbamates (subject to hydrolysis) is 1. The van der Waals surface area contributed by atoms with Gasteiger partial charge in [0.25, 0.3) is 0 Å². The first-order chi connectivity index (χ1) is 11.6. The van der Waals surface area contributed by atoms with E-state index in [-0.39, 0.29) is 18.0 Å². The SMILES string of the molecule is Cn1nccc1[C@@H]1NC(=O)CC[C@H]1NC(=O)OCC1CCCCC1. The van der Waals surface area contributed by atoms with Gasteiger partial charge in [0.05, 0.1) is 24.4 Å². The Kier molecular flexibility index (Phi) is 5.37. The largest absolute Gasteiger partial charge is 0.449 e. The molecule has 0 spiro atoms.